The van der Waals surface area contributed by atoms with Crippen LogP contribution in [0.1, 0.15) is 20.3 Å². The molecule has 2 saturated heterocycles. The first-order chi connectivity index (χ1) is 8.39. The molecule has 0 bridgehead atoms. The van der Waals surface area contributed by atoms with Crippen molar-refractivity contribution in [3.8, 4) is 0 Å². The largest absolute Gasteiger partial charge is 0.374 e. The third kappa shape index (κ3) is 1.82. The average molecular weight is 252 g/mol. The van der Waals surface area contributed by atoms with E-state index >= 15 is 0 Å². The molecule has 0 N–H and O–H groups in total. The summed E-state index contributed by atoms with van der Waals surface area (Å²) in [6.45, 7) is 8.34. The van der Waals surface area contributed by atoms with Crippen molar-refractivity contribution in [2.45, 2.75) is 31.9 Å². The van der Waals surface area contributed by atoms with Crippen LogP contribution in [0.3, 0.4) is 0 Å². The van der Waals surface area contributed by atoms with Crippen LogP contribution < -0.4 is 0 Å². The summed E-state index contributed by atoms with van der Waals surface area (Å²) in [5.41, 5.74) is -0.750. The molecule has 2 aliphatic rings. The number of likely N-dealkylation sites (N-methyl/N-ethyl adjacent to an activating group) is 1. The Bertz CT molecular complexity index is 392. The van der Waals surface area contributed by atoms with E-state index in [2.05, 4.69) is 6.58 Å². The molecule has 0 radical (unpaired) electrons. The van der Waals surface area contributed by atoms with Gasteiger partial charge in [-0.05, 0) is 20.3 Å². The molecular formula is C13H20N2O3. The fourth-order valence-corrected chi connectivity index (χ4v) is 2.49. The van der Waals surface area contributed by atoms with E-state index < -0.39 is 5.54 Å². The first kappa shape index (κ1) is 13.1. The Hall–Kier alpha value is -1.36. The number of hydrogen-bond acceptors (Lipinski definition) is 3. The zero-order valence-electron chi connectivity index (χ0n) is 11.2. The molecule has 5 nitrogen and oxygen atoms in total. The van der Waals surface area contributed by atoms with Crippen molar-refractivity contribution in [2.24, 2.45) is 5.92 Å². The van der Waals surface area contributed by atoms with Gasteiger partial charge in [0.2, 0.25) is 0 Å². The maximum atomic E-state index is 12.2. The number of ether oxygens (including phenoxy) is 1. The smallest absolute Gasteiger partial charge is 0.327 e. The van der Waals surface area contributed by atoms with E-state index in [4.69, 9.17) is 4.74 Å². The predicted molar refractivity (Wildman–Crippen MR) is 67.0 cm³/mol. The second kappa shape index (κ2) is 4.39. The van der Waals surface area contributed by atoms with Crippen LogP contribution in [0, 0.1) is 5.92 Å². The zero-order valence-corrected chi connectivity index (χ0v) is 11.2. The molecular weight excluding hydrogens is 232 g/mol. The normalized spacial score (nSPS) is 31.3. The molecule has 2 atom stereocenters. The highest BCUT2D eigenvalue weighted by Gasteiger charge is 2.50. The number of imide groups is 1. The van der Waals surface area contributed by atoms with Gasteiger partial charge in [-0.1, -0.05) is 6.08 Å². The molecule has 2 heterocycles. The Morgan fingerprint density at radius 2 is 2.17 bits per heavy atom. The fraction of sp³-hybridized carbons (Fsp3) is 0.692. The van der Waals surface area contributed by atoms with Gasteiger partial charge >= 0.3 is 6.03 Å². The van der Waals surface area contributed by atoms with E-state index in [1.165, 1.54) is 9.80 Å². The lowest BCUT2D eigenvalue weighted by Gasteiger charge is -2.22. The van der Waals surface area contributed by atoms with Gasteiger partial charge in [0, 0.05) is 26.1 Å². The Labute approximate surface area is 107 Å². The number of amides is 3. The molecule has 18 heavy (non-hydrogen) atoms. The first-order valence-corrected chi connectivity index (χ1v) is 6.23. The van der Waals surface area contributed by atoms with Crippen LogP contribution in [0.25, 0.3) is 0 Å². The summed E-state index contributed by atoms with van der Waals surface area (Å²) in [5.74, 6) is 0.0300. The van der Waals surface area contributed by atoms with E-state index in [0.717, 1.165) is 6.42 Å². The SMILES string of the molecule is C=C[C@@H]1OCC[C@H]1CN1C(=O)N(C)C(C)(C)C1=O. The molecule has 0 aromatic heterocycles. The van der Waals surface area contributed by atoms with Crippen molar-refractivity contribution < 1.29 is 14.3 Å². The van der Waals surface area contributed by atoms with Crippen LogP contribution in [0.4, 0.5) is 4.79 Å². The summed E-state index contributed by atoms with van der Waals surface area (Å²) in [6.07, 6.45) is 2.55. The minimum Gasteiger partial charge on any atom is -0.374 e. The maximum absolute atomic E-state index is 12.2. The van der Waals surface area contributed by atoms with Crippen LogP contribution in [0.15, 0.2) is 12.7 Å². The summed E-state index contributed by atoms with van der Waals surface area (Å²) in [7, 11) is 1.66. The number of urea groups is 1. The Balaban J connectivity index is 2.13. The van der Waals surface area contributed by atoms with E-state index in [0.29, 0.717) is 13.2 Å². The second-order valence-corrected chi connectivity index (χ2v) is 5.44. The van der Waals surface area contributed by atoms with Gasteiger partial charge in [-0.2, -0.15) is 0 Å². The van der Waals surface area contributed by atoms with Crippen molar-refractivity contribution in [3.63, 3.8) is 0 Å². The topological polar surface area (TPSA) is 49.9 Å². The van der Waals surface area contributed by atoms with Crippen molar-refractivity contribution in [1.29, 1.82) is 0 Å². The summed E-state index contributed by atoms with van der Waals surface area (Å²) >= 11 is 0. The molecule has 0 spiro atoms. The molecule has 5 heteroatoms. The summed E-state index contributed by atoms with van der Waals surface area (Å²) in [4.78, 5) is 27.1. The van der Waals surface area contributed by atoms with Crippen LogP contribution in [-0.2, 0) is 9.53 Å². The highest BCUT2D eigenvalue weighted by atomic mass is 16.5. The number of hydrogen-bond donors (Lipinski definition) is 0. The standard InChI is InChI=1S/C13H20N2O3/c1-5-10-9(6-7-18-10)8-15-11(16)13(2,3)14(4)12(15)17/h5,9-10H,1,6-8H2,2-4H3/t9-,10-/m0/s1. The highest BCUT2D eigenvalue weighted by Crippen LogP contribution is 2.29. The molecule has 3 amide bonds. The molecule has 0 aliphatic carbocycles. The van der Waals surface area contributed by atoms with Crippen LogP contribution in [-0.4, -0.2) is 53.6 Å². The van der Waals surface area contributed by atoms with Crippen molar-refractivity contribution >= 4 is 11.9 Å². The predicted octanol–water partition coefficient (Wildman–Crippen LogP) is 1.25. The van der Waals surface area contributed by atoms with Gasteiger partial charge in [0.05, 0.1) is 6.10 Å². The van der Waals surface area contributed by atoms with Crippen LogP contribution in [0.2, 0.25) is 0 Å². The number of carbonyl (C=O) groups excluding carboxylic acids is 2. The van der Waals surface area contributed by atoms with Crippen LogP contribution in [0.5, 0.6) is 0 Å². The number of rotatable bonds is 3. The van der Waals surface area contributed by atoms with E-state index in [-0.39, 0.29) is 24.0 Å². The Kier molecular flexibility index (Phi) is 3.19. The summed E-state index contributed by atoms with van der Waals surface area (Å²) in [6, 6.07) is -0.222. The lowest BCUT2D eigenvalue weighted by Crippen LogP contribution is -2.42. The number of carbonyl (C=O) groups is 2. The van der Waals surface area contributed by atoms with Crippen LogP contribution >= 0.6 is 0 Å². The van der Waals surface area contributed by atoms with E-state index in [1.807, 2.05) is 0 Å². The summed E-state index contributed by atoms with van der Waals surface area (Å²) in [5, 5.41) is 0. The Morgan fingerprint density at radius 3 is 2.67 bits per heavy atom. The van der Waals surface area contributed by atoms with Gasteiger partial charge in [-0.3, -0.25) is 9.69 Å². The Morgan fingerprint density at radius 1 is 1.50 bits per heavy atom. The second-order valence-electron chi connectivity index (χ2n) is 5.44. The molecule has 0 unspecified atom stereocenters. The third-order valence-electron chi connectivity index (χ3n) is 4.04. The minimum atomic E-state index is -0.750. The molecule has 2 rings (SSSR count). The lowest BCUT2D eigenvalue weighted by atomic mass is 10.00. The third-order valence-corrected chi connectivity index (χ3v) is 4.04. The van der Waals surface area contributed by atoms with Gasteiger partial charge in [0.1, 0.15) is 5.54 Å². The van der Waals surface area contributed by atoms with E-state index in [1.54, 1.807) is 27.0 Å². The molecule has 2 aliphatic heterocycles. The number of nitrogens with zero attached hydrogens (tertiary/aromatic N) is 2. The van der Waals surface area contributed by atoms with Gasteiger partial charge in [0.25, 0.3) is 5.91 Å². The lowest BCUT2D eigenvalue weighted by molar-refractivity contribution is -0.132. The maximum Gasteiger partial charge on any atom is 0.327 e. The molecule has 0 saturated carbocycles. The van der Waals surface area contributed by atoms with Crippen molar-refractivity contribution in [3.05, 3.63) is 12.7 Å². The van der Waals surface area contributed by atoms with Gasteiger partial charge in [0.15, 0.2) is 0 Å². The van der Waals surface area contributed by atoms with Gasteiger partial charge in [-0.25, -0.2) is 4.79 Å². The zero-order chi connectivity index (χ0) is 13.5. The minimum absolute atomic E-state index is 0.0559. The summed E-state index contributed by atoms with van der Waals surface area (Å²) < 4.78 is 5.49. The van der Waals surface area contributed by atoms with Gasteiger partial charge in [-0.15, -0.1) is 6.58 Å². The van der Waals surface area contributed by atoms with E-state index in [9.17, 15) is 9.59 Å². The van der Waals surface area contributed by atoms with Gasteiger partial charge < -0.3 is 9.64 Å². The molecule has 0 aromatic carbocycles. The van der Waals surface area contributed by atoms with Crippen molar-refractivity contribution in [1.82, 2.24) is 9.80 Å². The fourth-order valence-electron chi connectivity index (χ4n) is 2.49. The monoisotopic (exact) mass is 252 g/mol. The quantitative estimate of drug-likeness (QED) is 0.561. The first-order valence-electron chi connectivity index (χ1n) is 6.23. The average Bonchev–Trinajstić information content (AvgIpc) is 2.84. The highest BCUT2D eigenvalue weighted by molar-refractivity contribution is 6.06. The molecule has 100 valence electrons. The molecule has 2 fully saturated rings. The van der Waals surface area contributed by atoms with Crippen molar-refractivity contribution in [2.75, 3.05) is 20.2 Å². The molecule has 0 aromatic rings.